The highest BCUT2D eigenvalue weighted by Crippen LogP contribution is 2.44. The van der Waals surface area contributed by atoms with Gasteiger partial charge < -0.3 is 15.8 Å². The molecule has 0 radical (unpaired) electrons. The van der Waals surface area contributed by atoms with E-state index in [2.05, 4.69) is 26.1 Å². The lowest BCUT2D eigenvalue weighted by atomic mass is 9.61. The van der Waals surface area contributed by atoms with Crippen molar-refractivity contribution in [2.45, 2.75) is 71.6 Å². The molecular weight excluding hydrogens is 252 g/mol. The van der Waals surface area contributed by atoms with Crippen molar-refractivity contribution >= 4 is 5.91 Å². The highest BCUT2D eigenvalue weighted by molar-refractivity contribution is 5.80. The summed E-state index contributed by atoms with van der Waals surface area (Å²) in [5.74, 6) is 0.682. The monoisotopic (exact) mass is 282 g/mol. The van der Waals surface area contributed by atoms with Crippen LogP contribution < -0.4 is 11.1 Å². The summed E-state index contributed by atoms with van der Waals surface area (Å²) in [6.45, 7) is 9.32. The maximum Gasteiger partial charge on any atom is 0.223 e. The molecule has 0 aromatic rings. The van der Waals surface area contributed by atoms with Gasteiger partial charge in [0.2, 0.25) is 5.91 Å². The first-order chi connectivity index (χ1) is 9.36. The second-order valence-corrected chi connectivity index (χ2v) is 7.16. The number of ether oxygens (including phenoxy) is 1. The molecule has 0 aromatic heterocycles. The molecule has 0 aliphatic heterocycles. The van der Waals surface area contributed by atoms with Crippen LogP contribution in [0.25, 0.3) is 0 Å². The molecule has 3 N–H and O–H groups in total. The highest BCUT2D eigenvalue weighted by atomic mass is 16.5. The average Bonchev–Trinajstić information content (AvgIpc) is 2.33. The van der Waals surface area contributed by atoms with Crippen LogP contribution in [0.15, 0.2) is 0 Å². The largest absolute Gasteiger partial charge is 0.378 e. The molecule has 2 aliphatic carbocycles. The Morgan fingerprint density at radius 1 is 1.35 bits per heavy atom. The van der Waals surface area contributed by atoms with Crippen LogP contribution in [-0.2, 0) is 9.53 Å². The molecule has 3 unspecified atom stereocenters. The molecule has 0 aromatic carbocycles. The summed E-state index contributed by atoms with van der Waals surface area (Å²) in [4.78, 5) is 12.5. The van der Waals surface area contributed by atoms with Crippen LogP contribution in [0, 0.1) is 17.3 Å². The molecule has 20 heavy (non-hydrogen) atoms. The van der Waals surface area contributed by atoms with Crippen LogP contribution in [-0.4, -0.2) is 30.7 Å². The number of nitrogens with one attached hydrogen (secondary N) is 1. The summed E-state index contributed by atoms with van der Waals surface area (Å²) in [5.41, 5.74) is 6.14. The van der Waals surface area contributed by atoms with E-state index in [0.717, 1.165) is 32.3 Å². The first kappa shape index (κ1) is 15.8. The Labute approximate surface area is 122 Å². The number of hydrogen-bond acceptors (Lipinski definition) is 3. The fraction of sp³-hybridized carbons (Fsp3) is 0.938. The van der Waals surface area contributed by atoms with Gasteiger partial charge in [0.1, 0.15) is 0 Å². The third kappa shape index (κ3) is 3.01. The number of carbonyl (C=O) groups excluding carboxylic acids is 1. The quantitative estimate of drug-likeness (QED) is 0.829. The van der Waals surface area contributed by atoms with Crippen LogP contribution in [0.4, 0.5) is 0 Å². The minimum absolute atomic E-state index is 0.0230. The van der Waals surface area contributed by atoms with Crippen molar-refractivity contribution in [3.05, 3.63) is 0 Å². The van der Waals surface area contributed by atoms with Gasteiger partial charge >= 0.3 is 0 Å². The Balaban J connectivity index is 1.87. The number of hydrogen-bond donors (Lipinski definition) is 2. The van der Waals surface area contributed by atoms with Crippen molar-refractivity contribution in [3.63, 3.8) is 0 Å². The van der Waals surface area contributed by atoms with E-state index >= 15 is 0 Å². The normalized spacial score (nSPS) is 40.0. The lowest BCUT2D eigenvalue weighted by Crippen LogP contribution is -2.55. The Hall–Kier alpha value is -0.610. The number of nitrogens with two attached hydrogens (primary N) is 1. The van der Waals surface area contributed by atoms with E-state index in [1.54, 1.807) is 0 Å². The van der Waals surface area contributed by atoms with E-state index in [-0.39, 0.29) is 23.3 Å². The summed E-state index contributed by atoms with van der Waals surface area (Å²) in [6, 6.07) is 0.529. The van der Waals surface area contributed by atoms with Gasteiger partial charge in [-0.15, -0.1) is 0 Å². The Kier molecular flexibility index (Phi) is 4.75. The maximum absolute atomic E-state index is 12.5. The molecule has 0 bridgehead atoms. The molecule has 4 heteroatoms. The van der Waals surface area contributed by atoms with Gasteiger partial charge in [0.15, 0.2) is 0 Å². The van der Waals surface area contributed by atoms with E-state index < -0.39 is 0 Å². The molecule has 3 atom stereocenters. The third-order valence-electron chi connectivity index (χ3n) is 5.66. The molecule has 1 amide bonds. The topological polar surface area (TPSA) is 64.3 Å². The lowest BCUT2D eigenvalue weighted by molar-refractivity contribution is -0.135. The zero-order valence-corrected chi connectivity index (χ0v) is 13.3. The van der Waals surface area contributed by atoms with Crippen molar-refractivity contribution < 1.29 is 9.53 Å². The Bertz CT molecular complexity index is 350. The fourth-order valence-electron chi connectivity index (χ4n) is 3.68. The SMILES string of the molecule is CCOC1CC(NC(=O)C2CCC(N)C(C)C2(C)C)C1. The van der Waals surface area contributed by atoms with Gasteiger partial charge in [-0.3, -0.25) is 4.79 Å². The van der Waals surface area contributed by atoms with Gasteiger partial charge in [0.05, 0.1) is 6.10 Å². The summed E-state index contributed by atoms with van der Waals surface area (Å²) in [6.07, 6.45) is 4.13. The summed E-state index contributed by atoms with van der Waals surface area (Å²) < 4.78 is 5.54. The zero-order valence-electron chi connectivity index (χ0n) is 13.3. The number of carbonyl (C=O) groups is 1. The van der Waals surface area contributed by atoms with E-state index in [1.165, 1.54) is 0 Å². The van der Waals surface area contributed by atoms with E-state index in [9.17, 15) is 4.79 Å². The molecule has 116 valence electrons. The fourth-order valence-corrected chi connectivity index (χ4v) is 3.68. The van der Waals surface area contributed by atoms with Gasteiger partial charge in [0, 0.05) is 24.6 Å². The molecule has 2 aliphatic rings. The molecule has 0 saturated heterocycles. The minimum Gasteiger partial charge on any atom is -0.378 e. The van der Waals surface area contributed by atoms with Crippen LogP contribution in [0.1, 0.15) is 53.4 Å². The summed E-state index contributed by atoms with van der Waals surface area (Å²) in [7, 11) is 0. The third-order valence-corrected chi connectivity index (χ3v) is 5.66. The maximum atomic E-state index is 12.5. The number of amides is 1. The molecule has 2 saturated carbocycles. The van der Waals surface area contributed by atoms with E-state index in [1.807, 2.05) is 6.92 Å². The molecule has 4 nitrogen and oxygen atoms in total. The Morgan fingerprint density at radius 2 is 2.00 bits per heavy atom. The predicted molar refractivity (Wildman–Crippen MR) is 80.2 cm³/mol. The van der Waals surface area contributed by atoms with Gasteiger partial charge in [-0.2, -0.15) is 0 Å². The summed E-state index contributed by atoms with van der Waals surface area (Å²) >= 11 is 0. The molecule has 2 rings (SSSR count). The van der Waals surface area contributed by atoms with E-state index in [0.29, 0.717) is 18.1 Å². The van der Waals surface area contributed by atoms with Crippen LogP contribution in [0.5, 0.6) is 0 Å². The van der Waals surface area contributed by atoms with Crippen LogP contribution >= 0.6 is 0 Å². The van der Waals surface area contributed by atoms with Gasteiger partial charge in [0.25, 0.3) is 0 Å². The first-order valence-electron chi connectivity index (χ1n) is 8.03. The van der Waals surface area contributed by atoms with Crippen LogP contribution in [0.3, 0.4) is 0 Å². The molecule has 0 spiro atoms. The first-order valence-corrected chi connectivity index (χ1v) is 8.03. The van der Waals surface area contributed by atoms with Crippen molar-refractivity contribution in [2.24, 2.45) is 23.0 Å². The summed E-state index contributed by atoms with van der Waals surface area (Å²) in [5, 5.41) is 3.21. The van der Waals surface area contributed by atoms with Gasteiger partial charge in [-0.05, 0) is 43.9 Å². The van der Waals surface area contributed by atoms with Crippen molar-refractivity contribution in [3.8, 4) is 0 Å². The lowest BCUT2D eigenvalue weighted by Gasteiger charge is -2.47. The zero-order chi connectivity index (χ0) is 14.9. The van der Waals surface area contributed by atoms with E-state index in [4.69, 9.17) is 10.5 Å². The standard InChI is InChI=1S/C16H30N2O2/c1-5-20-12-8-11(9-12)18-15(19)13-6-7-14(17)10(2)16(13,3)4/h10-14H,5-9,17H2,1-4H3,(H,18,19). The average molecular weight is 282 g/mol. The molecular formula is C16H30N2O2. The smallest absolute Gasteiger partial charge is 0.223 e. The minimum atomic E-state index is -0.0230. The van der Waals surface area contributed by atoms with Gasteiger partial charge in [-0.25, -0.2) is 0 Å². The second-order valence-electron chi connectivity index (χ2n) is 7.16. The van der Waals surface area contributed by atoms with Crippen molar-refractivity contribution in [1.82, 2.24) is 5.32 Å². The van der Waals surface area contributed by atoms with Crippen molar-refractivity contribution in [2.75, 3.05) is 6.61 Å². The van der Waals surface area contributed by atoms with Crippen LogP contribution in [0.2, 0.25) is 0 Å². The van der Waals surface area contributed by atoms with Gasteiger partial charge in [-0.1, -0.05) is 20.8 Å². The van der Waals surface area contributed by atoms with Crippen molar-refractivity contribution in [1.29, 1.82) is 0 Å². The molecule has 0 heterocycles. The number of rotatable bonds is 4. The Morgan fingerprint density at radius 3 is 2.60 bits per heavy atom. The molecule has 2 fully saturated rings. The highest BCUT2D eigenvalue weighted by Gasteiger charge is 2.45. The second kappa shape index (κ2) is 6.02. The predicted octanol–water partition coefficient (Wildman–Crippen LogP) is 2.07.